The van der Waals surface area contributed by atoms with Gasteiger partial charge in [0.1, 0.15) is 0 Å². The van der Waals surface area contributed by atoms with E-state index in [4.69, 9.17) is 0 Å². The first-order valence-electron chi connectivity index (χ1n) is 5.99. The Bertz CT molecular complexity index is 687. The van der Waals surface area contributed by atoms with Gasteiger partial charge in [0.2, 0.25) is 0 Å². The Morgan fingerprint density at radius 2 is 1.72 bits per heavy atom. The summed E-state index contributed by atoms with van der Waals surface area (Å²) < 4.78 is 32.1. The van der Waals surface area contributed by atoms with Gasteiger partial charge in [-0.2, -0.15) is 8.42 Å². The van der Waals surface area contributed by atoms with Crippen LogP contribution in [-0.4, -0.2) is 13.0 Å². The van der Waals surface area contributed by atoms with Crippen molar-refractivity contribution in [3.8, 4) is 0 Å². The van der Waals surface area contributed by atoms with Crippen LogP contribution in [0.2, 0.25) is 0 Å². The van der Waals surface area contributed by atoms with E-state index in [1.165, 1.54) is 0 Å². The van der Waals surface area contributed by atoms with Gasteiger partial charge in [0.25, 0.3) is 10.1 Å². The summed E-state index contributed by atoms with van der Waals surface area (Å²) >= 11 is 0. The highest BCUT2D eigenvalue weighted by Gasteiger charge is 2.16. The number of benzene rings is 2. The highest BCUT2D eigenvalue weighted by molar-refractivity contribution is 7.85. The van der Waals surface area contributed by atoms with E-state index in [9.17, 15) is 13.0 Å². The molecule has 0 aromatic heterocycles. The van der Waals surface area contributed by atoms with Crippen LogP contribution in [0.5, 0.6) is 0 Å². The third-order valence-corrected chi connectivity index (χ3v) is 4.13. The Kier molecular flexibility index (Phi) is 3.41. The zero-order valence-corrected chi connectivity index (χ0v) is 11.3. The first kappa shape index (κ1) is 13.1. The Balaban J connectivity index is 2.87. The lowest BCUT2D eigenvalue weighted by Crippen LogP contribution is -2.03. The van der Waals surface area contributed by atoms with Crippen LogP contribution in [-0.2, 0) is 23.0 Å². The van der Waals surface area contributed by atoms with Crippen LogP contribution < -0.4 is 0 Å². The molecule has 2 aromatic rings. The second-order valence-corrected chi connectivity index (χ2v) is 5.67. The van der Waals surface area contributed by atoms with Gasteiger partial charge in [-0.05, 0) is 46.9 Å². The summed E-state index contributed by atoms with van der Waals surface area (Å²) in [5, 5.41) is 1.91. The highest BCUT2D eigenvalue weighted by atomic mass is 32.2. The van der Waals surface area contributed by atoms with E-state index in [0.29, 0.717) is 12.0 Å². The molecule has 18 heavy (non-hydrogen) atoms. The maximum Gasteiger partial charge on any atom is 0.294 e. The average Bonchev–Trinajstić information content (AvgIpc) is 2.35. The van der Waals surface area contributed by atoms with Gasteiger partial charge < -0.3 is 0 Å². The SMILES string of the molecule is CCc1cc2cccc(CC)c2cc1S(=O)(=O)O. The van der Waals surface area contributed by atoms with Gasteiger partial charge in [-0.1, -0.05) is 32.0 Å². The Labute approximate surface area is 107 Å². The predicted molar refractivity (Wildman–Crippen MR) is 72.5 cm³/mol. The Morgan fingerprint density at radius 1 is 1.06 bits per heavy atom. The van der Waals surface area contributed by atoms with Crippen LogP contribution in [0.4, 0.5) is 0 Å². The lowest BCUT2D eigenvalue weighted by atomic mass is 10.00. The number of aryl methyl sites for hydroxylation is 2. The monoisotopic (exact) mass is 264 g/mol. The summed E-state index contributed by atoms with van der Waals surface area (Å²) in [6, 6.07) is 9.33. The molecule has 3 nitrogen and oxygen atoms in total. The molecule has 1 N–H and O–H groups in total. The van der Waals surface area contributed by atoms with Crippen LogP contribution in [0, 0.1) is 0 Å². The molecule has 0 unspecified atom stereocenters. The smallest absolute Gasteiger partial charge is 0.282 e. The lowest BCUT2D eigenvalue weighted by molar-refractivity contribution is 0.482. The molecule has 0 fully saturated rings. The van der Waals surface area contributed by atoms with Crippen molar-refractivity contribution in [2.24, 2.45) is 0 Å². The number of rotatable bonds is 3. The van der Waals surface area contributed by atoms with Gasteiger partial charge in [0, 0.05) is 0 Å². The van der Waals surface area contributed by atoms with Gasteiger partial charge in [-0.15, -0.1) is 0 Å². The van der Waals surface area contributed by atoms with Crippen molar-refractivity contribution in [1.29, 1.82) is 0 Å². The van der Waals surface area contributed by atoms with Crippen molar-refractivity contribution >= 4 is 20.9 Å². The molecular weight excluding hydrogens is 248 g/mol. The molecule has 0 aliphatic heterocycles. The highest BCUT2D eigenvalue weighted by Crippen LogP contribution is 2.27. The molecule has 0 aliphatic rings. The van der Waals surface area contributed by atoms with Crippen molar-refractivity contribution < 1.29 is 13.0 Å². The van der Waals surface area contributed by atoms with Crippen molar-refractivity contribution in [1.82, 2.24) is 0 Å². The van der Waals surface area contributed by atoms with Crippen LogP contribution in [0.15, 0.2) is 35.2 Å². The van der Waals surface area contributed by atoms with Crippen molar-refractivity contribution in [3.05, 3.63) is 41.5 Å². The van der Waals surface area contributed by atoms with E-state index in [1.54, 1.807) is 6.07 Å². The fraction of sp³-hybridized carbons (Fsp3) is 0.286. The standard InChI is InChI=1S/C14H16O3S/c1-3-10-6-5-7-12-8-11(4-2)14(9-13(10)12)18(15,16)17/h5-9H,3-4H2,1-2H3,(H,15,16,17). The van der Waals surface area contributed by atoms with Gasteiger partial charge >= 0.3 is 0 Å². The molecule has 0 amide bonds. The van der Waals surface area contributed by atoms with E-state index in [1.807, 2.05) is 38.1 Å². The third kappa shape index (κ3) is 2.26. The molecule has 0 bridgehead atoms. The zero-order valence-electron chi connectivity index (χ0n) is 10.5. The molecule has 0 saturated heterocycles. The molecule has 96 valence electrons. The minimum Gasteiger partial charge on any atom is -0.282 e. The normalized spacial score (nSPS) is 11.9. The van der Waals surface area contributed by atoms with Crippen LogP contribution in [0.25, 0.3) is 10.8 Å². The fourth-order valence-electron chi connectivity index (χ4n) is 2.24. The van der Waals surface area contributed by atoms with E-state index in [-0.39, 0.29) is 4.90 Å². The van der Waals surface area contributed by atoms with E-state index >= 15 is 0 Å². The van der Waals surface area contributed by atoms with Gasteiger partial charge in [0.05, 0.1) is 4.90 Å². The van der Waals surface area contributed by atoms with Gasteiger partial charge in [0.15, 0.2) is 0 Å². The van der Waals surface area contributed by atoms with Gasteiger partial charge in [-0.25, -0.2) is 0 Å². The van der Waals surface area contributed by atoms with Crippen LogP contribution in [0.1, 0.15) is 25.0 Å². The molecule has 0 atom stereocenters. The van der Waals surface area contributed by atoms with Crippen molar-refractivity contribution in [3.63, 3.8) is 0 Å². The molecule has 0 radical (unpaired) electrons. The number of fused-ring (bicyclic) bond motifs is 1. The minimum atomic E-state index is -4.16. The van der Waals surface area contributed by atoms with Crippen molar-refractivity contribution in [2.45, 2.75) is 31.6 Å². The third-order valence-electron chi connectivity index (χ3n) is 3.19. The second-order valence-electron chi connectivity index (χ2n) is 4.28. The summed E-state index contributed by atoms with van der Waals surface area (Å²) in [6.07, 6.45) is 1.40. The molecule has 0 heterocycles. The van der Waals surface area contributed by atoms with E-state index in [0.717, 1.165) is 22.8 Å². The van der Waals surface area contributed by atoms with E-state index < -0.39 is 10.1 Å². The van der Waals surface area contributed by atoms with Gasteiger partial charge in [-0.3, -0.25) is 4.55 Å². The maximum absolute atomic E-state index is 11.4. The Morgan fingerprint density at radius 3 is 2.28 bits per heavy atom. The summed E-state index contributed by atoms with van der Waals surface area (Å²) in [7, 11) is -4.16. The zero-order chi connectivity index (χ0) is 13.3. The molecule has 0 aliphatic carbocycles. The Hall–Kier alpha value is -1.39. The molecule has 0 spiro atoms. The summed E-state index contributed by atoms with van der Waals surface area (Å²) in [5.74, 6) is 0. The topological polar surface area (TPSA) is 54.4 Å². The molecular formula is C14H16O3S. The largest absolute Gasteiger partial charge is 0.294 e. The molecule has 2 aromatic carbocycles. The second kappa shape index (κ2) is 4.71. The first-order chi connectivity index (χ1) is 8.47. The minimum absolute atomic E-state index is 0.0263. The predicted octanol–water partition coefficient (Wildman–Crippen LogP) is 3.21. The first-order valence-corrected chi connectivity index (χ1v) is 7.43. The van der Waals surface area contributed by atoms with Crippen molar-refractivity contribution in [2.75, 3.05) is 0 Å². The number of hydrogen-bond acceptors (Lipinski definition) is 2. The lowest BCUT2D eigenvalue weighted by Gasteiger charge is -2.10. The summed E-state index contributed by atoms with van der Waals surface area (Å²) in [5.41, 5.74) is 1.73. The van der Waals surface area contributed by atoms with Crippen LogP contribution >= 0.6 is 0 Å². The maximum atomic E-state index is 11.4. The number of hydrogen-bond donors (Lipinski definition) is 1. The molecule has 4 heteroatoms. The summed E-state index contributed by atoms with van der Waals surface area (Å²) in [6.45, 7) is 3.90. The fourth-order valence-corrected chi connectivity index (χ4v) is 3.04. The average molecular weight is 264 g/mol. The molecule has 2 rings (SSSR count). The quantitative estimate of drug-likeness (QED) is 0.866. The van der Waals surface area contributed by atoms with Crippen LogP contribution in [0.3, 0.4) is 0 Å². The van der Waals surface area contributed by atoms with E-state index in [2.05, 4.69) is 0 Å². The molecule has 0 saturated carbocycles. The summed E-state index contributed by atoms with van der Waals surface area (Å²) in [4.78, 5) is 0.0263.